The van der Waals surface area contributed by atoms with Crippen molar-refractivity contribution in [2.45, 2.75) is 51.2 Å². The second-order valence-corrected chi connectivity index (χ2v) is 8.79. The molecule has 1 rings (SSSR count). The third-order valence-corrected chi connectivity index (χ3v) is 5.88. The number of carbonyl (C=O) groups is 4. The van der Waals surface area contributed by atoms with Gasteiger partial charge in [0.25, 0.3) is 0 Å². The minimum Gasteiger partial charge on any atom is -0.508 e. The molecule has 4 atom stereocenters. The van der Waals surface area contributed by atoms with Crippen LogP contribution in [0.3, 0.4) is 0 Å². The molecule has 7 N–H and O–H groups in total. The van der Waals surface area contributed by atoms with Gasteiger partial charge in [0, 0.05) is 6.42 Å². The lowest BCUT2D eigenvalue weighted by atomic mass is 9.99. The van der Waals surface area contributed by atoms with Crippen LogP contribution >= 0.6 is 11.8 Å². The van der Waals surface area contributed by atoms with E-state index in [0.29, 0.717) is 17.7 Å². The van der Waals surface area contributed by atoms with Crippen LogP contribution in [0.1, 0.15) is 32.3 Å². The molecule has 0 aliphatic rings. The molecule has 0 heterocycles. The van der Waals surface area contributed by atoms with Crippen molar-refractivity contribution < 1.29 is 29.4 Å². The van der Waals surface area contributed by atoms with Gasteiger partial charge in [0.05, 0.1) is 12.6 Å². The Labute approximate surface area is 198 Å². The molecule has 11 heteroatoms. The number of carboxylic acids is 1. The lowest BCUT2D eigenvalue weighted by Gasteiger charge is -2.22. The predicted octanol–water partition coefficient (Wildman–Crippen LogP) is 0.232. The second kappa shape index (κ2) is 14.4. The van der Waals surface area contributed by atoms with E-state index in [1.54, 1.807) is 12.1 Å². The summed E-state index contributed by atoms with van der Waals surface area (Å²) in [6, 6.07) is 3.14. The number of hydrogen-bond acceptors (Lipinski definition) is 7. The SMILES string of the molecule is CCC(C)C(N)C(=O)NCC(=O)NC(Cc1ccc(O)cc1)C(=O)NC(CCSC)C(=O)O. The van der Waals surface area contributed by atoms with Gasteiger partial charge in [-0.2, -0.15) is 11.8 Å². The number of carboxylic acid groups (broad SMARTS) is 1. The lowest BCUT2D eigenvalue weighted by molar-refractivity contribution is -0.142. The molecule has 0 aliphatic heterocycles. The number of thioether (sulfide) groups is 1. The molecule has 0 saturated heterocycles. The van der Waals surface area contributed by atoms with E-state index in [9.17, 15) is 29.4 Å². The minimum atomic E-state index is -1.17. The number of nitrogens with one attached hydrogen (secondary N) is 3. The number of carbonyl (C=O) groups excluding carboxylic acids is 3. The molecular weight excluding hydrogens is 448 g/mol. The molecule has 1 aromatic carbocycles. The first-order valence-corrected chi connectivity index (χ1v) is 12.1. The van der Waals surface area contributed by atoms with Crippen molar-refractivity contribution in [1.29, 1.82) is 0 Å². The van der Waals surface area contributed by atoms with Crippen molar-refractivity contribution in [2.24, 2.45) is 11.7 Å². The topological polar surface area (TPSA) is 171 Å². The van der Waals surface area contributed by atoms with Crippen LogP contribution in [0.25, 0.3) is 0 Å². The number of nitrogens with two attached hydrogens (primary N) is 1. The van der Waals surface area contributed by atoms with E-state index >= 15 is 0 Å². The Balaban J connectivity index is 2.87. The first-order chi connectivity index (χ1) is 15.6. The van der Waals surface area contributed by atoms with Crippen molar-refractivity contribution in [1.82, 2.24) is 16.0 Å². The molecule has 0 aromatic heterocycles. The molecule has 0 spiro atoms. The van der Waals surface area contributed by atoms with Gasteiger partial charge >= 0.3 is 5.97 Å². The molecule has 0 bridgehead atoms. The van der Waals surface area contributed by atoms with Gasteiger partial charge in [0.1, 0.15) is 17.8 Å². The van der Waals surface area contributed by atoms with Crippen LogP contribution in [0.15, 0.2) is 24.3 Å². The molecule has 0 radical (unpaired) electrons. The van der Waals surface area contributed by atoms with Gasteiger partial charge in [-0.05, 0) is 42.0 Å². The molecule has 4 unspecified atom stereocenters. The van der Waals surface area contributed by atoms with Gasteiger partial charge < -0.3 is 31.9 Å². The van der Waals surface area contributed by atoms with Crippen molar-refractivity contribution in [3.8, 4) is 5.75 Å². The summed E-state index contributed by atoms with van der Waals surface area (Å²) in [6.07, 6.45) is 2.83. The van der Waals surface area contributed by atoms with Crippen LogP contribution in [-0.2, 0) is 25.6 Å². The number of aliphatic carboxylic acids is 1. The summed E-state index contributed by atoms with van der Waals surface area (Å²) in [6.45, 7) is 3.36. The average Bonchev–Trinajstić information content (AvgIpc) is 2.79. The summed E-state index contributed by atoms with van der Waals surface area (Å²) in [4.78, 5) is 48.9. The van der Waals surface area contributed by atoms with E-state index in [1.807, 2.05) is 20.1 Å². The van der Waals surface area contributed by atoms with E-state index in [-0.39, 0.29) is 31.1 Å². The van der Waals surface area contributed by atoms with E-state index in [4.69, 9.17) is 5.73 Å². The molecule has 0 fully saturated rings. The van der Waals surface area contributed by atoms with Crippen molar-refractivity contribution in [3.63, 3.8) is 0 Å². The Bertz CT molecular complexity index is 805. The predicted molar refractivity (Wildman–Crippen MR) is 127 cm³/mol. The minimum absolute atomic E-state index is 0.0483. The summed E-state index contributed by atoms with van der Waals surface area (Å²) < 4.78 is 0. The highest BCUT2D eigenvalue weighted by Gasteiger charge is 2.27. The normalized spacial score (nSPS) is 14.4. The van der Waals surface area contributed by atoms with Gasteiger partial charge in [-0.25, -0.2) is 4.79 Å². The maximum Gasteiger partial charge on any atom is 0.326 e. The van der Waals surface area contributed by atoms with Gasteiger partial charge in [-0.1, -0.05) is 32.4 Å². The lowest BCUT2D eigenvalue weighted by Crippen LogP contribution is -2.54. The molecule has 10 nitrogen and oxygen atoms in total. The van der Waals surface area contributed by atoms with E-state index in [2.05, 4.69) is 16.0 Å². The number of benzene rings is 1. The molecule has 33 heavy (non-hydrogen) atoms. The van der Waals surface area contributed by atoms with Gasteiger partial charge in [0.15, 0.2) is 0 Å². The monoisotopic (exact) mass is 482 g/mol. The van der Waals surface area contributed by atoms with Crippen LogP contribution in [0.4, 0.5) is 0 Å². The molecule has 0 saturated carbocycles. The summed E-state index contributed by atoms with van der Waals surface area (Å²) in [5.41, 5.74) is 6.50. The Morgan fingerprint density at radius 2 is 1.70 bits per heavy atom. The highest BCUT2D eigenvalue weighted by molar-refractivity contribution is 7.98. The Hall–Kier alpha value is -2.79. The van der Waals surface area contributed by atoms with Crippen LogP contribution in [0, 0.1) is 5.92 Å². The van der Waals surface area contributed by atoms with Crippen LogP contribution in [0.5, 0.6) is 5.75 Å². The van der Waals surface area contributed by atoms with Gasteiger partial charge in [-0.15, -0.1) is 0 Å². The fourth-order valence-electron chi connectivity index (χ4n) is 2.89. The maximum atomic E-state index is 12.8. The molecule has 3 amide bonds. The number of phenols is 1. The van der Waals surface area contributed by atoms with Crippen molar-refractivity contribution in [3.05, 3.63) is 29.8 Å². The molecule has 1 aromatic rings. The molecular formula is C22H34N4O6S. The average molecular weight is 483 g/mol. The van der Waals surface area contributed by atoms with Crippen LogP contribution in [0.2, 0.25) is 0 Å². The highest BCUT2D eigenvalue weighted by atomic mass is 32.2. The summed E-state index contributed by atoms with van der Waals surface area (Å²) in [5, 5.41) is 26.3. The van der Waals surface area contributed by atoms with Crippen molar-refractivity contribution in [2.75, 3.05) is 18.6 Å². The number of hydrogen-bond donors (Lipinski definition) is 6. The fraction of sp³-hybridized carbons (Fsp3) is 0.545. The van der Waals surface area contributed by atoms with E-state index in [1.165, 1.54) is 23.9 Å². The van der Waals surface area contributed by atoms with E-state index in [0.717, 1.165) is 0 Å². The zero-order valence-corrected chi connectivity index (χ0v) is 20.0. The van der Waals surface area contributed by atoms with Gasteiger partial charge in [0.2, 0.25) is 17.7 Å². The Kier molecular flexibility index (Phi) is 12.3. The van der Waals surface area contributed by atoms with Crippen molar-refractivity contribution >= 4 is 35.5 Å². The first kappa shape index (κ1) is 28.2. The van der Waals surface area contributed by atoms with E-state index < -0.39 is 41.8 Å². The number of phenolic OH excluding ortho intramolecular Hbond substituents is 1. The summed E-state index contributed by atoms with van der Waals surface area (Å²) in [5.74, 6) is -2.39. The summed E-state index contributed by atoms with van der Waals surface area (Å²) >= 11 is 1.45. The number of rotatable bonds is 14. The van der Waals surface area contributed by atoms with Gasteiger partial charge in [-0.3, -0.25) is 14.4 Å². The third-order valence-electron chi connectivity index (χ3n) is 5.24. The van der Waals surface area contributed by atoms with Crippen LogP contribution < -0.4 is 21.7 Å². The van der Waals surface area contributed by atoms with Crippen LogP contribution in [-0.4, -0.2) is 70.6 Å². The maximum absolute atomic E-state index is 12.8. The Morgan fingerprint density at radius 3 is 2.24 bits per heavy atom. The second-order valence-electron chi connectivity index (χ2n) is 7.80. The zero-order valence-electron chi connectivity index (χ0n) is 19.2. The quantitative estimate of drug-likeness (QED) is 0.219. The summed E-state index contributed by atoms with van der Waals surface area (Å²) in [7, 11) is 0. The zero-order chi connectivity index (χ0) is 25.0. The largest absolute Gasteiger partial charge is 0.508 e. The Morgan fingerprint density at radius 1 is 1.06 bits per heavy atom. The number of amides is 3. The smallest absolute Gasteiger partial charge is 0.326 e. The standard InChI is InChI=1S/C22H34N4O6S/c1-4-13(2)19(23)21(30)24-12-18(28)25-17(11-14-5-7-15(27)8-6-14)20(29)26-16(22(31)32)9-10-33-3/h5-8,13,16-17,19,27H,4,9-12,23H2,1-3H3,(H,24,30)(H,25,28)(H,26,29)(H,31,32). The third kappa shape index (κ3) is 10.1. The first-order valence-electron chi connectivity index (χ1n) is 10.7. The fourth-order valence-corrected chi connectivity index (χ4v) is 3.36. The molecule has 0 aliphatic carbocycles. The number of aromatic hydroxyl groups is 1. The molecule has 184 valence electrons. The highest BCUT2D eigenvalue weighted by Crippen LogP contribution is 2.12.